The van der Waals surface area contributed by atoms with Gasteiger partial charge in [-0.2, -0.15) is 4.99 Å². The summed E-state index contributed by atoms with van der Waals surface area (Å²) < 4.78 is 2.30. The predicted molar refractivity (Wildman–Crippen MR) is 110 cm³/mol. The normalized spacial score (nSPS) is 11.6. The molecule has 29 heavy (non-hydrogen) atoms. The van der Waals surface area contributed by atoms with Crippen LogP contribution < -0.4 is 4.80 Å². The molecule has 3 aromatic rings. The average Bonchev–Trinajstić information content (AvgIpc) is 2.98. The second kappa shape index (κ2) is 8.11. The molecule has 1 heterocycles. The lowest BCUT2D eigenvalue weighted by molar-refractivity contribution is -0.394. The molecule has 0 fully saturated rings. The van der Waals surface area contributed by atoms with Crippen LogP contribution in [0, 0.1) is 20.2 Å². The number of amides is 1. The minimum Gasteiger partial charge on any atom is -0.311 e. The molecule has 1 aromatic heterocycles. The average molecular weight is 453 g/mol. The lowest BCUT2D eigenvalue weighted by Gasteiger charge is -2.03. The van der Waals surface area contributed by atoms with Gasteiger partial charge in [-0.1, -0.05) is 40.6 Å². The molecule has 0 bridgehead atoms. The molecule has 9 nitrogen and oxygen atoms in total. The number of hydrogen-bond acceptors (Lipinski definition) is 6. The van der Waals surface area contributed by atoms with Crippen LogP contribution in [0.5, 0.6) is 0 Å². The molecule has 3 rings (SSSR count). The van der Waals surface area contributed by atoms with Gasteiger partial charge in [0.1, 0.15) is 0 Å². The van der Waals surface area contributed by atoms with Crippen molar-refractivity contribution in [3.05, 3.63) is 83.6 Å². The molecule has 0 N–H and O–H groups in total. The van der Waals surface area contributed by atoms with Crippen LogP contribution in [0.3, 0.4) is 0 Å². The fraction of sp³-hybridized carbons (Fsp3) is 0.0588. The maximum Gasteiger partial charge on any atom is 0.280 e. The van der Waals surface area contributed by atoms with Crippen LogP contribution >= 0.6 is 34.5 Å². The van der Waals surface area contributed by atoms with Gasteiger partial charge in [-0.05, 0) is 12.1 Å². The lowest BCUT2D eigenvalue weighted by atomic mass is 10.1. The summed E-state index contributed by atoms with van der Waals surface area (Å²) in [5.74, 6) is -0.872. The number of nitro benzene ring substituents is 2. The Labute approximate surface area is 176 Å². The van der Waals surface area contributed by atoms with Crippen molar-refractivity contribution >= 4 is 62.0 Å². The Bertz CT molecular complexity index is 1230. The quantitative estimate of drug-likeness (QED) is 0.314. The first kappa shape index (κ1) is 20.6. The number of thiazole rings is 1. The number of hydrogen-bond donors (Lipinski definition) is 0. The highest BCUT2D eigenvalue weighted by Crippen LogP contribution is 2.30. The van der Waals surface area contributed by atoms with Gasteiger partial charge in [0.25, 0.3) is 17.3 Å². The molecule has 0 saturated carbocycles. The van der Waals surface area contributed by atoms with E-state index in [1.807, 2.05) is 0 Å². The lowest BCUT2D eigenvalue weighted by Crippen LogP contribution is -2.16. The minimum atomic E-state index is -0.872. The largest absolute Gasteiger partial charge is 0.311 e. The Balaban J connectivity index is 2.21. The summed E-state index contributed by atoms with van der Waals surface area (Å²) >= 11 is 13.4. The molecular formula is C17H10Cl2N4O5S. The number of rotatable bonds is 5. The third-order valence-corrected chi connectivity index (χ3v) is 5.31. The zero-order chi connectivity index (χ0) is 21.3. The van der Waals surface area contributed by atoms with Gasteiger partial charge in [0.05, 0.1) is 36.7 Å². The minimum absolute atomic E-state index is 0.239. The summed E-state index contributed by atoms with van der Waals surface area (Å²) in [7, 11) is 0. The highest BCUT2D eigenvalue weighted by atomic mass is 35.5. The van der Waals surface area contributed by atoms with E-state index in [2.05, 4.69) is 11.6 Å². The van der Waals surface area contributed by atoms with E-state index in [4.69, 9.17) is 23.2 Å². The van der Waals surface area contributed by atoms with Gasteiger partial charge in [0.15, 0.2) is 4.80 Å². The second-order valence-corrected chi connectivity index (χ2v) is 7.54. The topological polar surface area (TPSA) is 121 Å². The molecule has 2 aromatic carbocycles. The number of carbonyl (C=O) groups is 1. The van der Waals surface area contributed by atoms with Gasteiger partial charge in [0, 0.05) is 23.7 Å². The standard InChI is InChI=1S/C17H10Cl2N4O5S/c1-2-3-21-15-13(19)6-10(18)7-14(15)29-17(21)20-16(24)9-4-11(22(25)26)8-12(5-9)23(27)28/h2,4-8H,1,3H2. The molecule has 0 aliphatic carbocycles. The summed E-state index contributed by atoms with van der Waals surface area (Å²) in [6.07, 6.45) is 1.58. The second-order valence-electron chi connectivity index (χ2n) is 5.69. The molecule has 0 radical (unpaired) electrons. The van der Waals surface area contributed by atoms with Crippen LogP contribution in [0.15, 0.2) is 48.0 Å². The fourth-order valence-electron chi connectivity index (χ4n) is 2.59. The molecule has 0 aliphatic heterocycles. The molecule has 148 valence electrons. The predicted octanol–water partition coefficient (Wildman–Crippen LogP) is 4.75. The smallest absolute Gasteiger partial charge is 0.280 e. The number of benzene rings is 2. The summed E-state index contributed by atoms with van der Waals surface area (Å²) in [6.45, 7) is 3.95. The molecule has 0 saturated heterocycles. The van der Waals surface area contributed by atoms with Crippen molar-refractivity contribution in [2.24, 2.45) is 4.99 Å². The molecule has 0 atom stereocenters. The van der Waals surface area contributed by atoms with E-state index >= 15 is 0 Å². The fourth-order valence-corrected chi connectivity index (χ4v) is 4.41. The van der Waals surface area contributed by atoms with E-state index in [1.54, 1.807) is 22.8 Å². The maximum absolute atomic E-state index is 12.6. The van der Waals surface area contributed by atoms with Gasteiger partial charge < -0.3 is 4.57 Å². The van der Waals surface area contributed by atoms with Crippen molar-refractivity contribution in [1.29, 1.82) is 0 Å². The number of fused-ring (bicyclic) bond motifs is 1. The molecule has 0 unspecified atom stereocenters. The van der Waals surface area contributed by atoms with E-state index in [0.717, 1.165) is 29.5 Å². The van der Waals surface area contributed by atoms with Crippen LogP contribution in [0.4, 0.5) is 11.4 Å². The van der Waals surface area contributed by atoms with Crippen molar-refractivity contribution in [3.63, 3.8) is 0 Å². The Morgan fingerprint density at radius 1 is 1.14 bits per heavy atom. The molecule has 12 heteroatoms. The van der Waals surface area contributed by atoms with Gasteiger partial charge in [0.2, 0.25) is 0 Å². The number of halogens is 2. The van der Waals surface area contributed by atoms with Gasteiger partial charge >= 0.3 is 0 Å². The Hall–Kier alpha value is -3.08. The van der Waals surface area contributed by atoms with E-state index < -0.39 is 27.1 Å². The molecule has 1 amide bonds. The van der Waals surface area contributed by atoms with E-state index in [0.29, 0.717) is 20.3 Å². The van der Waals surface area contributed by atoms with Crippen LogP contribution in [-0.2, 0) is 6.54 Å². The third kappa shape index (κ3) is 4.19. The van der Waals surface area contributed by atoms with E-state index in [1.165, 1.54) is 0 Å². The van der Waals surface area contributed by atoms with Crippen LogP contribution in [-0.4, -0.2) is 20.3 Å². The van der Waals surface area contributed by atoms with Crippen molar-refractivity contribution < 1.29 is 14.6 Å². The molecule has 0 aliphatic rings. The number of nitro groups is 2. The first-order chi connectivity index (χ1) is 13.7. The third-order valence-electron chi connectivity index (χ3n) is 3.78. The van der Waals surface area contributed by atoms with Gasteiger partial charge in [-0.25, -0.2) is 0 Å². The summed E-state index contributed by atoms with van der Waals surface area (Å²) in [4.78, 5) is 37.3. The van der Waals surface area contributed by atoms with Crippen molar-refractivity contribution in [1.82, 2.24) is 4.57 Å². The van der Waals surface area contributed by atoms with Crippen LogP contribution in [0.1, 0.15) is 10.4 Å². The van der Waals surface area contributed by atoms with Crippen LogP contribution in [0.25, 0.3) is 10.2 Å². The zero-order valence-electron chi connectivity index (χ0n) is 14.4. The summed E-state index contributed by atoms with van der Waals surface area (Å²) in [5, 5.41) is 22.8. The van der Waals surface area contributed by atoms with Crippen LogP contribution in [0.2, 0.25) is 10.0 Å². The highest BCUT2D eigenvalue weighted by Gasteiger charge is 2.20. The Morgan fingerprint density at radius 3 is 2.31 bits per heavy atom. The van der Waals surface area contributed by atoms with Crippen molar-refractivity contribution in [2.75, 3.05) is 0 Å². The SMILES string of the molecule is C=CCn1c(=NC(=O)c2cc([N+](=O)[O-])cc([N+](=O)[O-])c2)sc2cc(Cl)cc(Cl)c21. The number of non-ortho nitro benzene ring substituents is 2. The number of allylic oxidation sites excluding steroid dienone is 1. The maximum atomic E-state index is 12.6. The Morgan fingerprint density at radius 2 is 1.76 bits per heavy atom. The highest BCUT2D eigenvalue weighted by molar-refractivity contribution is 7.16. The number of carbonyl (C=O) groups excluding carboxylic acids is 1. The molecule has 0 spiro atoms. The molecular weight excluding hydrogens is 443 g/mol. The monoisotopic (exact) mass is 452 g/mol. The Kier molecular flexibility index (Phi) is 5.78. The van der Waals surface area contributed by atoms with Gasteiger partial charge in [-0.3, -0.25) is 25.0 Å². The van der Waals surface area contributed by atoms with E-state index in [9.17, 15) is 25.0 Å². The van der Waals surface area contributed by atoms with Crippen molar-refractivity contribution in [3.8, 4) is 0 Å². The first-order valence-electron chi connectivity index (χ1n) is 7.83. The first-order valence-corrected chi connectivity index (χ1v) is 9.40. The zero-order valence-corrected chi connectivity index (χ0v) is 16.7. The number of aromatic nitrogens is 1. The van der Waals surface area contributed by atoms with Crippen molar-refractivity contribution in [2.45, 2.75) is 6.54 Å². The number of nitrogens with zero attached hydrogens (tertiary/aromatic N) is 4. The van der Waals surface area contributed by atoms with Gasteiger partial charge in [-0.15, -0.1) is 6.58 Å². The summed E-state index contributed by atoms with van der Waals surface area (Å²) in [5.41, 5.74) is -0.846. The van der Waals surface area contributed by atoms with E-state index in [-0.39, 0.29) is 16.9 Å². The summed E-state index contributed by atoms with van der Waals surface area (Å²) in [6, 6.07) is 5.86.